The van der Waals surface area contributed by atoms with Gasteiger partial charge in [-0.25, -0.2) is 27.0 Å². The third-order valence-corrected chi connectivity index (χ3v) is 13.7. The number of nitrogens with one attached hydrogen (secondary N) is 4. The van der Waals surface area contributed by atoms with Crippen LogP contribution in [-0.4, -0.2) is 96.2 Å². The number of alkyl halides is 4. The van der Waals surface area contributed by atoms with Gasteiger partial charge in [-0.1, -0.05) is 40.5 Å². The number of rotatable bonds is 17. The summed E-state index contributed by atoms with van der Waals surface area (Å²) < 4.78 is 95.7. The van der Waals surface area contributed by atoms with Gasteiger partial charge in [0.25, 0.3) is 17.4 Å². The van der Waals surface area contributed by atoms with Crippen LogP contribution in [0.4, 0.5) is 22.4 Å². The van der Waals surface area contributed by atoms with Crippen molar-refractivity contribution in [1.82, 2.24) is 30.2 Å². The normalized spacial score (nSPS) is 26.0. The number of H-pyrrole nitrogens is 1. The van der Waals surface area contributed by atoms with Crippen LogP contribution in [0.1, 0.15) is 97.6 Å². The van der Waals surface area contributed by atoms with Crippen LogP contribution in [0.2, 0.25) is 0 Å². The zero-order valence-electron chi connectivity index (χ0n) is 33.6. The van der Waals surface area contributed by atoms with Crippen molar-refractivity contribution in [2.45, 2.75) is 133 Å². The summed E-state index contributed by atoms with van der Waals surface area (Å²) in [5.74, 6) is -7.94. The first-order chi connectivity index (χ1) is 27.6. The molecule has 6 rings (SSSR count). The van der Waals surface area contributed by atoms with Gasteiger partial charge >= 0.3 is 6.09 Å². The molecule has 0 radical (unpaired) electrons. The number of hydrogen-bond acceptors (Lipinski definition) is 10. The Morgan fingerprint density at radius 1 is 1.08 bits per heavy atom. The predicted octanol–water partition coefficient (Wildman–Crippen LogP) is 4.49. The van der Waals surface area contributed by atoms with Crippen molar-refractivity contribution in [1.29, 1.82) is 0 Å². The van der Waals surface area contributed by atoms with Crippen molar-refractivity contribution in [3.8, 4) is 5.75 Å². The lowest BCUT2D eigenvalue weighted by Gasteiger charge is -2.36. The standard InChI is InChI=1S/C39H52F4N6O9S/c1-6-20-14-16-49(28(20)32(50)47-38(19-24(38)31(40)41)35(53)48-59(55,56)23-11-12-23)34(52)30(37(2,3)4)46-36(54)58-27-17-21(27)9-7-8-15-39(42,43)29-33(51)45-26-18-22(57-5)10-13-25(26)44-29/h10,13,18,20-21,23-24,27-28,30-31H,6-9,11-12,14-17,19H2,1-5H3,(H,45,51)(H,46,54)(H,47,50)(H,48,53)/t20?,21?,24-,27?,28-,30+,38?/m0/s1. The molecule has 1 aromatic carbocycles. The van der Waals surface area contributed by atoms with Gasteiger partial charge in [0, 0.05) is 19.0 Å². The fourth-order valence-corrected chi connectivity index (χ4v) is 9.36. The number of likely N-dealkylation sites (tertiary alicyclic amines) is 1. The fraction of sp³-hybridized carbons (Fsp3) is 0.692. The molecule has 0 bridgehead atoms. The van der Waals surface area contributed by atoms with Crippen LogP contribution >= 0.6 is 0 Å². The zero-order valence-corrected chi connectivity index (χ0v) is 34.4. The molecule has 3 aliphatic carbocycles. The summed E-state index contributed by atoms with van der Waals surface area (Å²) in [4.78, 5) is 74.6. The number of sulfonamides is 1. The molecule has 4 unspecified atom stereocenters. The molecule has 4 amide bonds. The van der Waals surface area contributed by atoms with E-state index in [1.165, 1.54) is 24.1 Å². The van der Waals surface area contributed by atoms with Crippen LogP contribution in [0.25, 0.3) is 11.0 Å². The van der Waals surface area contributed by atoms with E-state index in [4.69, 9.17) is 9.47 Å². The van der Waals surface area contributed by atoms with Crippen LogP contribution in [0.15, 0.2) is 23.0 Å². The fourth-order valence-electron chi connectivity index (χ4n) is 8.00. The highest BCUT2D eigenvalue weighted by atomic mass is 32.2. The summed E-state index contributed by atoms with van der Waals surface area (Å²) in [6.45, 7) is 6.98. The quantitative estimate of drug-likeness (QED) is 0.130. The molecule has 3 saturated carbocycles. The number of aromatic nitrogens is 2. The molecule has 4 N–H and O–H groups in total. The number of methoxy groups -OCH3 is 1. The summed E-state index contributed by atoms with van der Waals surface area (Å²) in [6, 6.07) is 2.13. The minimum atomic E-state index is -4.10. The van der Waals surface area contributed by atoms with Crippen LogP contribution in [0, 0.1) is 23.2 Å². The Morgan fingerprint density at radius 3 is 2.41 bits per heavy atom. The number of unbranched alkanes of at least 4 members (excludes halogenated alkanes) is 1. The molecule has 7 atom stereocenters. The molecule has 4 aliphatic rings. The van der Waals surface area contributed by atoms with E-state index in [1.807, 2.05) is 4.72 Å². The topological polar surface area (TPSA) is 206 Å². The average Bonchev–Trinajstić information content (AvgIpc) is 4.09. The molecule has 326 valence electrons. The van der Waals surface area contributed by atoms with Gasteiger partial charge in [-0.05, 0) is 74.3 Å². The van der Waals surface area contributed by atoms with E-state index >= 15 is 8.78 Å². The predicted molar refractivity (Wildman–Crippen MR) is 205 cm³/mol. The third-order valence-electron chi connectivity index (χ3n) is 11.9. The van der Waals surface area contributed by atoms with Gasteiger partial charge < -0.3 is 30.0 Å². The highest BCUT2D eigenvalue weighted by Gasteiger charge is 2.67. The van der Waals surface area contributed by atoms with Crippen LogP contribution in [-0.2, 0) is 35.1 Å². The van der Waals surface area contributed by atoms with E-state index in [9.17, 15) is 41.2 Å². The Bertz CT molecular complexity index is 2130. The summed E-state index contributed by atoms with van der Waals surface area (Å²) in [7, 11) is -2.67. The first-order valence-corrected chi connectivity index (χ1v) is 21.6. The second kappa shape index (κ2) is 16.5. The van der Waals surface area contributed by atoms with Gasteiger partial charge in [0.2, 0.25) is 28.3 Å². The molecule has 15 nitrogen and oxygen atoms in total. The molecule has 0 spiro atoms. The van der Waals surface area contributed by atoms with Crippen LogP contribution in [0.5, 0.6) is 5.75 Å². The largest absolute Gasteiger partial charge is 0.497 e. The lowest BCUT2D eigenvalue weighted by Crippen LogP contribution is -2.61. The number of nitrogens with zero attached hydrogens (tertiary/aromatic N) is 2. The Labute approximate surface area is 339 Å². The Kier molecular flexibility index (Phi) is 12.3. The van der Waals surface area contributed by atoms with Crippen LogP contribution < -0.4 is 25.7 Å². The van der Waals surface area contributed by atoms with Crippen molar-refractivity contribution < 1.29 is 54.6 Å². The van der Waals surface area contributed by atoms with Crippen molar-refractivity contribution >= 4 is 44.9 Å². The van der Waals surface area contributed by atoms with E-state index in [0.717, 1.165) is 0 Å². The summed E-state index contributed by atoms with van der Waals surface area (Å²) in [5, 5.41) is 4.24. The molecule has 2 heterocycles. The Morgan fingerprint density at radius 2 is 1.80 bits per heavy atom. The minimum absolute atomic E-state index is 0.0717. The Balaban J connectivity index is 1.03. The number of fused-ring (bicyclic) bond motifs is 1. The Hall–Kier alpha value is -4.49. The average molecular weight is 857 g/mol. The van der Waals surface area contributed by atoms with Gasteiger partial charge in [-0.2, -0.15) is 8.78 Å². The second-order valence-corrected chi connectivity index (χ2v) is 19.3. The number of carbonyl (C=O) groups is 4. The van der Waals surface area contributed by atoms with Gasteiger partial charge in [0.1, 0.15) is 29.5 Å². The van der Waals surface area contributed by atoms with Gasteiger partial charge in [-0.3, -0.25) is 23.9 Å². The summed E-state index contributed by atoms with van der Waals surface area (Å²) in [6.07, 6.45) is -2.70. The number of hydrogen-bond donors (Lipinski definition) is 4. The number of ether oxygens (including phenoxy) is 2. The van der Waals surface area contributed by atoms with Gasteiger partial charge in [0.05, 0.1) is 29.3 Å². The summed E-state index contributed by atoms with van der Waals surface area (Å²) >= 11 is 0. The van der Waals surface area contributed by atoms with E-state index in [2.05, 4.69) is 20.6 Å². The zero-order chi connectivity index (χ0) is 43.2. The van der Waals surface area contributed by atoms with E-state index in [1.54, 1.807) is 33.8 Å². The number of aromatic amines is 1. The first kappa shape index (κ1) is 44.1. The monoisotopic (exact) mass is 856 g/mol. The molecule has 1 aliphatic heterocycles. The number of amides is 4. The van der Waals surface area contributed by atoms with E-state index in [-0.39, 0.29) is 29.9 Å². The van der Waals surface area contributed by atoms with Crippen molar-refractivity contribution in [3.05, 3.63) is 34.2 Å². The number of alkyl carbamates (subject to hydrolysis) is 1. The summed E-state index contributed by atoms with van der Waals surface area (Å²) in [5.41, 5.74) is -4.47. The maximum absolute atomic E-state index is 15.1. The van der Waals surface area contributed by atoms with Crippen molar-refractivity contribution in [2.75, 3.05) is 13.7 Å². The molecule has 2 aromatic rings. The molecule has 1 saturated heterocycles. The lowest BCUT2D eigenvalue weighted by molar-refractivity contribution is -0.144. The smallest absolute Gasteiger partial charge is 0.408 e. The number of benzene rings is 1. The SMILES string of the molecule is CCC1CCN(C(=O)[C@@H](NC(=O)OC2CC2CCCCC(F)(F)c2nc3ccc(OC)cc3[nH]c2=O)C(C)(C)C)[C@@H]1C(=O)NC1(C(=O)NS(=O)(=O)C2CC2)C[C@H]1C(F)F. The molecule has 4 fully saturated rings. The number of carbonyl (C=O) groups excluding carboxylic acids is 4. The van der Waals surface area contributed by atoms with Crippen LogP contribution in [0.3, 0.4) is 0 Å². The molecular formula is C39H52F4N6O9S. The lowest BCUT2D eigenvalue weighted by atomic mass is 9.85. The van der Waals surface area contributed by atoms with Crippen molar-refractivity contribution in [3.63, 3.8) is 0 Å². The molecule has 1 aromatic heterocycles. The maximum Gasteiger partial charge on any atom is 0.408 e. The number of halogens is 4. The third kappa shape index (κ3) is 9.62. The van der Waals surface area contributed by atoms with E-state index in [0.29, 0.717) is 50.7 Å². The van der Waals surface area contributed by atoms with Gasteiger partial charge in [0.15, 0.2) is 5.69 Å². The minimum Gasteiger partial charge on any atom is -0.497 e. The second-order valence-electron chi connectivity index (χ2n) is 17.3. The van der Waals surface area contributed by atoms with Crippen molar-refractivity contribution in [2.24, 2.45) is 23.2 Å². The molecular weight excluding hydrogens is 805 g/mol. The van der Waals surface area contributed by atoms with Gasteiger partial charge in [-0.15, -0.1) is 0 Å². The highest BCUT2D eigenvalue weighted by molar-refractivity contribution is 7.91. The molecule has 59 heavy (non-hydrogen) atoms. The highest BCUT2D eigenvalue weighted by Crippen LogP contribution is 2.49. The maximum atomic E-state index is 15.1. The first-order valence-electron chi connectivity index (χ1n) is 20.0. The van der Waals surface area contributed by atoms with E-state index < -0.39 is 117 Å². The molecule has 20 heteroatoms.